The summed E-state index contributed by atoms with van der Waals surface area (Å²) < 4.78 is 53.2. The Morgan fingerprint density at radius 1 is 1.35 bits per heavy atom. The minimum absolute atomic E-state index is 0.0873. The van der Waals surface area contributed by atoms with E-state index in [1.165, 1.54) is 17.0 Å². The highest BCUT2D eigenvalue weighted by molar-refractivity contribution is 5.97. The lowest BCUT2D eigenvalue weighted by Gasteiger charge is -2.24. The summed E-state index contributed by atoms with van der Waals surface area (Å²) in [6.07, 6.45) is -0.886. The summed E-state index contributed by atoms with van der Waals surface area (Å²) in [5.74, 6) is -1.13. The summed E-state index contributed by atoms with van der Waals surface area (Å²) >= 11 is 0. The second-order valence-electron chi connectivity index (χ2n) is 6.33. The van der Waals surface area contributed by atoms with E-state index in [0.717, 1.165) is 18.4 Å². The minimum atomic E-state index is -2.99. The number of nitrogens with zero attached hydrogens (tertiary/aromatic N) is 2. The lowest BCUT2D eigenvalue weighted by Crippen LogP contribution is -2.34. The topological polar surface area (TPSA) is 49.0 Å². The molecule has 4 nitrogen and oxygen atoms in total. The van der Waals surface area contributed by atoms with E-state index in [0.29, 0.717) is 12.0 Å². The summed E-state index contributed by atoms with van der Waals surface area (Å²) in [4.78, 5) is 14.4. The Morgan fingerprint density at radius 3 is 2.65 bits per heavy atom. The first-order chi connectivity index (χ1) is 12.5. The number of hydrogen-bond donors (Lipinski definition) is 1. The molecule has 0 bridgehead atoms. The van der Waals surface area contributed by atoms with Crippen molar-refractivity contribution in [1.82, 2.24) is 15.1 Å². The molecule has 3 rings (SSSR count). The third-order valence-corrected chi connectivity index (χ3v) is 4.56. The maximum absolute atomic E-state index is 13.6. The van der Waals surface area contributed by atoms with E-state index in [4.69, 9.17) is 0 Å². The number of nitrogens with one attached hydrogen (secondary N) is 1. The van der Waals surface area contributed by atoms with E-state index in [9.17, 15) is 22.4 Å². The molecular weight excluding hydrogens is 350 g/mol. The zero-order chi connectivity index (χ0) is 18.8. The third-order valence-electron chi connectivity index (χ3n) is 4.56. The summed E-state index contributed by atoms with van der Waals surface area (Å²) in [6.45, 7) is 0.899. The molecule has 1 amide bonds. The molecule has 0 radical (unpaired) electrons. The summed E-state index contributed by atoms with van der Waals surface area (Å²) in [5, 5.41) is 5.59. The van der Waals surface area contributed by atoms with Crippen molar-refractivity contribution in [2.75, 3.05) is 0 Å². The van der Waals surface area contributed by atoms with E-state index in [-0.39, 0.29) is 18.3 Å². The highest BCUT2D eigenvalue weighted by atomic mass is 19.3. The van der Waals surface area contributed by atoms with Crippen molar-refractivity contribution < 1.29 is 22.4 Å². The number of halogens is 4. The molecule has 1 aliphatic rings. The molecule has 2 aromatic rings. The smallest absolute Gasteiger partial charge is 0.282 e. The molecule has 1 heterocycles. The standard InChI is InChI=1S/C18H19F4N3O/c1-2-10-3-4-12(20)7-11(10)9-25(13-5-6-13)18(26)15-14(8-19)23-24-16(15)17(21)22/h3-4,7,13,17H,2,5-6,8-9H2,1H3,(H,23,24). The Hall–Kier alpha value is -2.38. The van der Waals surface area contributed by atoms with Gasteiger partial charge in [-0.05, 0) is 42.5 Å². The van der Waals surface area contributed by atoms with Gasteiger partial charge in [-0.3, -0.25) is 9.89 Å². The Bertz CT molecular complexity index is 802. The first kappa shape index (κ1) is 18.4. The van der Waals surface area contributed by atoms with E-state index in [2.05, 4.69) is 10.2 Å². The van der Waals surface area contributed by atoms with Gasteiger partial charge in [0.1, 0.15) is 18.2 Å². The number of H-pyrrole nitrogens is 1. The summed E-state index contributed by atoms with van der Waals surface area (Å²) in [7, 11) is 0. The van der Waals surface area contributed by atoms with E-state index < -0.39 is 36.1 Å². The van der Waals surface area contributed by atoms with Gasteiger partial charge >= 0.3 is 0 Å². The highest BCUT2D eigenvalue weighted by Gasteiger charge is 2.37. The van der Waals surface area contributed by atoms with Crippen LogP contribution in [0.25, 0.3) is 0 Å². The van der Waals surface area contributed by atoms with Crippen molar-refractivity contribution in [3.05, 3.63) is 52.1 Å². The molecule has 0 spiro atoms. The fourth-order valence-electron chi connectivity index (χ4n) is 3.05. The van der Waals surface area contributed by atoms with Crippen LogP contribution in [0, 0.1) is 5.82 Å². The molecule has 8 heteroatoms. The van der Waals surface area contributed by atoms with Gasteiger partial charge < -0.3 is 4.90 Å². The van der Waals surface area contributed by atoms with Crippen LogP contribution in [-0.4, -0.2) is 27.0 Å². The van der Waals surface area contributed by atoms with Crippen molar-refractivity contribution in [3.8, 4) is 0 Å². The monoisotopic (exact) mass is 369 g/mol. The predicted molar refractivity (Wildman–Crippen MR) is 87.0 cm³/mol. The lowest BCUT2D eigenvalue weighted by atomic mass is 10.0. The summed E-state index contributed by atoms with van der Waals surface area (Å²) in [5.41, 5.74) is 0.0755. The molecular formula is C18H19F4N3O. The van der Waals surface area contributed by atoms with Gasteiger partial charge in [0.15, 0.2) is 0 Å². The number of amides is 1. The number of benzene rings is 1. The van der Waals surface area contributed by atoms with Crippen LogP contribution in [-0.2, 0) is 19.6 Å². The molecule has 26 heavy (non-hydrogen) atoms. The lowest BCUT2D eigenvalue weighted by molar-refractivity contribution is 0.0715. The van der Waals surface area contributed by atoms with Crippen molar-refractivity contribution >= 4 is 5.91 Å². The van der Waals surface area contributed by atoms with Gasteiger partial charge in [-0.25, -0.2) is 17.6 Å². The zero-order valence-electron chi connectivity index (χ0n) is 14.2. The van der Waals surface area contributed by atoms with Crippen molar-refractivity contribution in [3.63, 3.8) is 0 Å². The number of carbonyl (C=O) groups excluding carboxylic acids is 1. The van der Waals surface area contributed by atoms with E-state index >= 15 is 0 Å². The number of carbonyl (C=O) groups is 1. The number of hydrogen-bond acceptors (Lipinski definition) is 2. The Labute approximate surface area is 148 Å². The SMILES string of the molecule is CCc1ccc(F)cc1CN(C(=O)c1c(C(F)F)n[nH]c1CF)C1CC1. The fraction of sp³-hybridized carbons (Fsp3) is 0.444. The molecule has 0 saturated heterocycles. The molecule has 1 aliphatic carbocycles. The van der Waals surface area contributed by atoms with Crippen LogP contribution in [0.5, 0.6) is 0 Å². The average molecular weight is 369 g/mol. The van der Waals surface area contributed by atoms with Gasteiger partial charge in [-0.2, -0.15) is 5.10 Å². The second-order valence-corrected chi connectivity index (χ2v) is 6.33. The van der Waals surface area contributed by atoms with Gasteiger partial charge in [0.2, 0.25) is 0 Å². The Morgan fingerprint density at radius 2 is 2.08 bits per heavy atom. The maximum atomic E-state index is 13.6. The van der Waals surface area contributed by atoms with Crippen LogP contribution in [0.2, 0.25) is 0 Å². The molecule has 1 aromatic heterocycles. The number of rotatable bonds is 7. The molecule has 0 aliphatic heterocycles. The zero-order valence-corrected chi connectivity index (χ0v) is 14.2. The molecule has 0 unspecified atom stereocenters. The van der Waals surface area contributed by atoms with E-state index in [1.807, 2.05) is 6.92 Å². The molecule has 1 saturated carbocycles. The molecule has 140 valence electrons. The Balaban J connectivity index is 1.96. The van der Waals surface area contributed by atoms with E-state index in [1.54, 1.807) is 6.07 Å². The van der Waals surface area contributed by atoms with Crippen LogP contribution in [0.1, 0.15) is 59.1 Å². The van der Waals surface area contributed by atoms with Crippen LogP contribution >= 0.6 is 0 Å². The van der Waals surface area contributed by atoms with Crippen molar-refractivity contribution in [2.24, 2.45) is 0 Å². The Kier molecular flexibility index (Phi) is 5.29. The maximum Gasteiger partial charge on any atom is 0.282 e. The number of aromatic amines is 1. The van der Waals surface area contributed by atoms with Gasteiger partial charge in [-0.15, -0.1) is 0 Å². The molecule has 1 N–H and O–H groups in total. The normalized spacial score (nSPS) is 14.1. The van der Waals surface area contributed by atoms with Crippen LogP contribution in [0.3, 0.4) is 0 Å². The number of aryl methyl sites for hydroxylation is 1. The first-order valence-electron chi connectivity index (χ1n) is 8.45. The van der Waals surface area contributed by atoms with Crippen LogP contribution in [0.15, 0.2) is 18.2 Å². The van der Waals surface area contributed by atoms with Gasteiger partial charge in [0, 0.05) is 12.6 Å². The van der Waals surface area contributed by atoms with Crippen LogP contribution in [0.4, 0.5) is 17.6 Å². The van der Waals surface area contributed by atoms with Gasteiger partial charge in [-0.1, -0.05) is 13.0 Å². The largest absolute Gasteiger partial charge is 0.331 e. The first-order valence-corrected chi connectivity index (χ1v) is 8.45. The van der Waals surface area contributed by atoms with Gasteiger partial charge in [0.05, 0.1) is 11.3 Å². The minimum Gasteiger partial charge on any atom is -0.331 e. The molecule has 1 aromatic carbocycles. The third kappa shape index (κ3) is 3.59. The molecule has 1 fully saturated rings. The second kappa shape index (κ2) is 7.47. The molecule has 0 atom stereocenters. The van der Waals surface area contributed by atoms with Crippen molar-refractivity contribution in [2.45, 2.75) is 51.9 Å². The highest BCUT2D eigenvalue weighted by Crippen LogP contribution is 2.33. The average Bonchev–Trinajstić information content (AvgIpc) is 3.36. The fourth-order valence-corrected chi connectivity index (χ4v) is 3.05. The summed E-state index contributed by atoms with van der Waals surface area (Å²) in [6, 6.07) is 4.22. The quantitative estimate of drug-likeness (QED) is 0.739. The predicted octanol–water partition coefficient (Wildman–Crippen LogP) is 4.32. The van der Waals surface area contributed by atoms with Crippen LogP contribution < -0.4 is 0 Å². The number of aromatic nitrogens is 2. The van der Waals surface area contributed by atoms with Crippen molar-refractivity contribution in [1.29, 1.82) is 0 Å². The number of alkyl halides is 3. The van der Waals surface area contributed by atoms with Gasteiger partial charge in [0.25, 0.3) is 12.3 Å².